The van der Waals surface area contributed by atoms with Gasteiger partial charge in [0.25, 0.3) is 0 Å². The molecule has 1 N–H and O–H groups in total. The summed E-state index contributed by atoms with van der Waals surface area (Å²) in [4.78, 5) is 4.38. The van der Waals surface area contributed by atoms with Crippen molar-refractivity contribution >= 4 is 0 Å². The fraction of sp³-hybridized carbons (Fsp3) is 0.769. The lowest BCUT2D eigenvalue weighted by atomic mass is 10.0. The number of nitrogens with one attached hydrogen (secondary N) is 1. The molecule has 0 radical (unpaired) electrons. The van der Waals surface area contributed by atoms with E-state index in [-0.39, 0.29) is 0 Å². The van der Waals surface area contributed by atoms with Gasteiger partial charge in [-0.05, 0) is 19.4 Å². The van der Waals surface area contributed by atoms with Gasteiger partial charge in [0.15, 0.2) is 0 Å². The second kappa shape index (κ2) is 6.04. The Kier molecular flexibility index (Phi) is 5.00. The average molecular weight is 223 g/mol. The highest BCUT2D eigenvalue weighted by Gasteiger charge is 2.16. The second-order valence-corrected chi connectivity index (χ2v) is 4.89. The van der Waals surface area contributed by atoms with Crippen molar-refractivity contribution in [2.45, 2.75) is 53.1 Å². The molecule has 2 atom stereocenters. The molecule has 1 rings (SSSR count). The zero-order valence-corrected chi connectivity index (χ0v) is 11.2. The van der Waals surface area contributed by atoms with Crippen molar-refractivity contribution < 1.29 is 0 Å². The van der Waals surface area contributed by atoms with Crippen molar-refractivity contribution in [1.29, 1.82) is 0 Å². The maximum Gasteiger partial charge on any atom is 0.108 e. The maximum atomic E-state index is 4.38. The van der Waals surface area contributed by atoms with Gasteiger partial charge in [0.05, 0.1) is 0 Å². The molecule has 0 aliphatic carbocycles. The lowest BCUT2D eigenvalue weighted by Gasteiger charge is -2.24. The smallest absolute Gasteiger partial charge is 0.108 e. The van der Waals surface area contributed by atoms with Crippen molar-refractivity contribution in [2.75, 3.05) is 6.54 Å². The lowest BCUT2D eigenvalue weighted by Crippen LogP contribution is -2.31. The standard InChI is InChI=1S/C13H25N3/c1-6-13-14-7-8-16(13)12(5)11(4)9-15-10(2)3/h7-8,10-12,15H,6,9H2,1-5H3. The van der Waals surface area contributed by atoms with E-state index in [1.54, 1.807) is 0 Å². The summed E-state index contributed by atoms with van der Waals surface area (Å²) in [5, 5.41) is 3.49. The summed E-state index contributed by atoms with van der Waals surface area (Å²) in [6.45, 7) is 12.1. The van der Waals surface area contributed by atoms with Crippen LogP contribution in [0.25, 0.3) is 0 Å². The van der Waals surface area contributed by atoms with Gasteiger partial charge >= 0.3 is 0 Å². The number of hydrogen-bond donors (Lipinski definition) is 1. The van der Waals surface area contributed by atoms with Gasteiger partial charge in [0, 0.05) is 30.9 Å². The van der Waals surface area contributed by atoms with Crippen LogP contribution in [0.15, 0.2) is 12.4 Å². The zero-order chi connectivity index (χ0) is 12.1. The van der Waals surface area contributed by atoms with Crippen LogP contribution in [0.3, 0.4) is 0 Å². The Labute approximate surface area is 99.3 Å². The van der Waals surface area contributed by atoms with E-state index in [1.165, 1.54) is 5.82 Å². The quantitative estimate of drug-likeness (QED) is 0.803. The molecule has 0 saturated heterocycles. The summed E-state index contributed by atoms with van der Waals surface area (Å²) < 4.78 is 2.30. The molecule has 0 saturated carbocycles. The van der Waals surface area contributed by atoms with Gasteiger partial charge in [0.2, 0.25) is 0 Å². The van der Waals surface area contributed by atoms with E-state index in [4.69, 9.17) is 0 Å². The van der Waals surface area contributed by atoms with Gasteiger partial charge in [-0.25, -0.2) is 4.98 Å². The molecular weight excluding hydrogens is 198 g/mol. The molecule has 0 spiro atoms. The fourth-order valence-electron chi connectivity index (χ4n) is 1.85. The van der Waals surface area contributed by atoms with E-state index in [2.05, 4.69) is 55.7 Å². The summed E-state index contributed by atoms with van der Waals surface area (Å²) in [6, 6.07) is 1.06. The van der Waals surface area contributed by atoms with Crippen molar-refractivity contribution in [3.05, 3.63) is 18.2 Å². The molecule has 3 nitrogen and oxygen atoms in total. The number of rotatable bonds is 6. The van der Waals surface area contributed by atoms with E-state index < -0.39 is 0 Å². The molecule has 1 heterocycles. The van der Waals surface area contributed by atoms with Crippen LogP contribution < -0.4 is 5.32 Å². The summed E-state index contributed by atoms with van der Waals surface area (Å²) in [6.07, 6.45) is 5.00. The van der Waals surface area contributed by atoms with Gasteiger partial charge in [-0.15, -0.1) is 0 Å². The van der Waals surface area contributed by atoms with E-state index in [0.717, 1.165) is 13.0 Å². The molecule has 92 valence electrons. The van der Waals surface area contributed by atoms with Crippen LogP contribution in [-0.2, 0) is 6.42 Å². The first-order chi connectivity index (χ1) is 7.56. The minimum atomic E-state index is 0.503. The Hall–Kier alpha value is -0.830. The van der Waals surface area contributed by atoms with Crippen LogP contribution in [-0.4, -0.2) is 22.1 Å². The Morgan fingerprint density at radius 2 is 2.00 bits per heavy atom. The van der Waals surface area contributed by atoms with Crippen molar-refractivity contribution in [1.82, 2.24) is 14.9 Å². The highest BCUT2D eigenvalue weighted by molar-refractivity contribution is 4.95. The topological polar surface area (TPSA) is 29.9 Å². The van der Waals surface area contributed by atoms with Crippen LogP contribution in [0.4, 0.5) is 0 Å². The molecule has 3 heteroatoms. The number of aromatic nitrogens is 2. The monoisotopic (exact) mass is 223 g/mol. The average Bonchev–Trinajstić information content (AvgIpc) is 2.72. The molecule has 1 aromatic rings. The molecule has 0 aliphatic rings. The fourth-order valence-corrected chi connectivity index (χ4v) is 1.85. The number of imidazole rings is 1. The first-order valence-corrected chi connectivity index (χ1v) is 6.31. The molecule has 0 aromatic carbocycles. The van der Waals surface area contributed by atoms with Gasteiger partial charge in [0.1, 0.15) is 5.82 Å². The van der Waals surface area contributed by atoms with Crippen LogP contribution in [0, 0.1) is 5.92 Å². The second-order valence-electron chi connectivity index (χ2n) is 4.89. The van der Waals surface area contributed by atoms with Gasteiger partial charge in [-0.1, -0.05) is 27.7 Å². The minimum Gasteiger partial charge on any atom is -0.332 e. The first kappa shape index (κ1) is 13.2. The third kappa shape index (κ3) is 3.34. The van der Waals surface area contributed by atoms with Crippen LogP contribution in [0.5, 0.6) is 0 Å². The van der Waals surface area contributed by atoms with Crippen molar-refractivity contribution in [3.8, 4) is 0 Å². The zero-order valence-electron chi connectivity index (χ0n) is 11.2. The predicted octanol–water partition coefficient (Wildman–Crippen LogP) is 2.64. The Morgan fingerprint density at radius 3 is 2.56 bits per heavy atom. The molecule has 16 heavy (non-hydrogen) atoms. The highest BCUT2D eigenvalue weighted by Crippen LogP contribution is 2.18. The number of aryl methyl sites for hydroxylation is 1. The Morgan fingerprint density at radius 1 is 1.31 bits per heavy atom. The SMILES string of the molecule is CCc1nccn1C(C)C(C)CNC(C)C. The Bertz CT molecular complexity index is 304. The summed E-state index contributed by atoms with van der Waals surface area (Å²) in [5.41, 5.74) is 0. The third-order valence-electron chi connectivity index (χ3n) is 3.18. The summed E-state index contributed by atoms with van der Waals surface area (Å²) >= 11 is 0. The lowest BCUT2D eigenvalue weighted by molar-refractivity contribution is 0.345. The van der Waals surface area contributed by atoms with Gasteiger partial charge < -0.3 is 9.88 Å². The number of hydrogen-bond acceptors (Lipinski definition) is 2. The molecule has 1 aromatic heterocycles. The largest absolute Gasteiger partial charge is 0.332 e. The van der Waals surface area contributed by atoms with Gasteiger partial charge in [-0.2, -0.15) is 0 Å². The highest BCUT2D eigenvalue weighted by atomic mass is 15.1. The van der Waals surface area contributed by atoms with E-state index in [1.807, 2.05) is 6.20 Å². The first-order valence-electron chi connectivity index (χ1n) is 6.31. The summed E-state index contributed by atoms with van der Waals surface area (Å²) in [7, 11) is 0. The third-order valence-corrected chi connectivity index (χ3v) is 3.18. The molecule has 0 aliphatic heterocycles. The molecule has 0 fully saturated rings. The van der Waals surface area contributed by atoms with Crippen LogP contribution >= 0.6 is 0 Å². The van der Waals surface area contributed by atoms with E-state index >= 15 is 0 Å². The summed E-state index contributed by atoms with van der Waals surface area (Å²) in [5.74, 6) is 1.80. The maximum absolute atomic E-state index is 4.38. The van der Waals surface area contributed by atoms with E-state index in [9.17, 15) is 0 Å². The molecule has 0 amide bonds. The molecule has 2 unspecified atom stereocenters. The normalized spacial score (nSPS) is 15.4. The van der Waals surface area contributed by atoms with Crippen molar-refractivity contribution in [2.24, 2.45) is 5.92 Å². The molecule has 0 bridgehead atoms. The van der Waals surface area contributed by atoms with Crippen molar-refractivity contribution in [3.63, 3.8) is 0 Å². The number of nitrogens with zero attached hydrogens (tertiary/aromatic N) is 2. The minimum absolute atomic E-state index is 0.503. The Balaban J connectivity index is 2.59. The predicted molar refractivity (Wildman–Crippen MR) is 68.6 cm³/mol. The molecular formula is C13H25N3. The van der Waals surface area contributed by atoms with Crippen LogP contribution in [0.2, 0.25) is 0 Å². The van der Waals surface area contributed by atoms with Gasteiger partial charge in [-0.3, -0.25) is 0 Å². The van der Waals surface area contributed by atoms with Crippen LogP contribution in [0.1, 0.15) is 46.5 Å². The van der Waals surface area contributed by atoms with E-state index in [0.29, 0.717) is 18.0 Å².